The van der Waals surface area contributed by atoms with E-state index in [1.807, 2.05) is 18.2 Å². The molecule has 1 aromatic heterocycles. The standard InChI is InChI=1S/C18H17FN6O2/c1-27-14-4-2-3-13(9-14)23-16-15(20)17(22-10-21-16)24-25-18(26)11-5-7-12(19)8-6-11/h2-10H,20H2,1H3,(H,25,26)(H2,21,22,23,24). The normalized spacial score (nSPS) is 10.1. The summed E-state index contributed by atoms with van der Waals surface area (Å²) in [5.41, 5.74) is 12.4. The second kappa shape index (κ2) is 8.00. The van der Waals surface area contributed by atoms with Gasteiger partial charge in [-0.05, 0) is 36.4 Å². The van der Waals surface area contributed by atoms with Crippen molar-refractivity contribution in [3.05, 3.63) is 66.2 Å². The monoisotopic (exact) mass is 368 g/mol. The molecule has 138 valence electrons. The Bertz CT molecular complexity index is 949. The fraction of sp³-hybridized carbons (Fsp3) is 0.0556. The zero-order chi connectivity index (χ0) is 19.2. The van der Waals surface area contributed by atoms with Crippen LogP contribution in [0.4, 0.5) is 27.4 Å². The first-order chi connectivity index (χ1) is 13.1. The number of benzene rings is 2. The number of ether oxygens (including phenoxy) is 1. The number of carbonyl (C=O) groups excluding carboxylic acids is 1. The average Bonchev–Trinajstić information content (AvgIpc) is 2.69. The highest BCUT2D eigenvalue weighted by atomic mass is 19.1. The summed E-state index contributed by atoms with van der Waals surface area (Å²) in [4.78, 5) is 20.2. The number of nitrogens with zero attached hydrogens (tertiary/aromatic N) is 2. The van der Waals surface area contributed by atoms with Crippen LogP contribution in [0.3, 0.4) is 0 Å². The quantitative estimate of drug-likeness (QED) is 0.495. The Hall–Kier alpha value is -3.88. The molecule has 8 nitrogen and oxygen atoms in total. The molecule has 0 radical (unpaired) electrons. The summed E-state index contributed by atoms with van der Waals surface area (Å²) in [5.74, 6) is 0.364. The number of halogens is 1. The Morgan fingerprint density at radius 1 is 1.11 bits per heavy atom. The topological polar surface area (TPSA) is 114 Å². The maximum Gasteiger partial charge on any atom is 0.269 e. The Labute approximate surface area is 154 Å². The van der Waals surface area contributed by atoms with Crippen LogP contribution < -0.4 is 26.6 Å². The summed E-state index contributed by atoms with van der Waals surface area (Å²) < 4.78 is 18.1. The van der Waals surface area contributed by atoms with Crippen LogP contribution in [0.25, 0.3) is 0 Å². The van der Waals surface area contributed by atoms with E-state index in [-0.39, 0.29) is 17.1 Å². The molecule has 5 N–H and O–H groups in total. The number of methoxy groups -OCH3 is 1. The van der Waals surface area contributed by atoms with Gasteiger partial charge in [-0.25, -0.2) is 14.4 Å². The number of hydrazine groups is 1. The van der Waals surface area contributed by atoms with Gasteiger partial charge < -0.3 is 15.8 Å². The van der Waals surface area contributed by atoms with E-state index >= 15 is 0 Å². The summed E-state index contributed by atoms with van der Waals surface area (Å²) in [6, 6.07) is 12.4. The van der Waals surface area contributed by atoms with E-state index in [2.05, 4.69) is 26.1 Å². The highest BCUT2D eigenvalue weighted by molar-refractivity contribution is 5.95. The van der Waals surface area contributed by atoms with E-state index in [0.29, 0.717) is 11.6 Å². The molecule has 9 heteroatoms. The number of nitrogens with one attached hydrogen (secondary N) is 3. The number of hydrogen-bond donors (Lipinski definition) is 4. The molecule has 27 heavy (non-hydrogen) atoms. The maximum atomic E-state index is 12.9. The fourth-order valence-electron chi connectivity index (χ4n) is 2.22. The lowest BCUT2D eigenvalue weighted by Crippen LogP contribution is -2.30. The molecule has 3 aromatic rings. The highest BCUT2D eigenvalue weighted by Crippen LogP contribution is 2.26. The molecular formula is C18H17FN6O2. The Balaban J connectivity index is 1.70. The molecule has 0 fully saturated rings. The van der Waals surface area contributed by atoms with E-state index < -0.39 is 11.7 Å². The summed E-state index contributed by atoms with van der Waals surface area (Å²) >= 11 is 0. The number of nitrogen functional groups attached to an aromatic ring is 1. The van der Waals surface area contributed by atoms with Gasteiger partial charge in [0.2, 0.25) is 0 Å². The van der Waals surface area contributed by atoms with Crippen LogP contribution in [0.5, 0.6) is 5.75 Å². The van der Waals surface area contributed by atoms with E-state index in [9.17, 15) is 9.18 Å². The van der Waals surface area contributed by atoms with Crippen molar-refractivity contribution in [3.8, 4) is 5.75 Å². The van der Waals surface area contributed by atoms with Crippen molar-refractivity contribution < 1.29 is 13.9 Å². The molecule has 1 heterocycles. The van der Waals surface area contributed by atoms with Gasteiger partial charge in [0.15, 0.2) is 11.6 Å². The summed E-state index contributed by atoms with van der Waals surface area (Å²) in [7, 11) is 1.57. The van der Waals surface area contributed by atoms with Crippen LogP contribution in [0.15, 0.2) is 54.9 Å². The van der Waals surface area contributed by atoms with Crippen LogP contribution in [-0.4, -0.2) is 23.0 Å². The number of nitrogens with two attached hydrogens (primary N) is 1. The average molecular weight is 368 g/mol. The predicted octanol–water partition coefficient (Wildman–Crippen LogP) is 2.71. The van der Waals surface area contributed by atoms with Gasteiger partial charge in [-0.2, -0.15) is 0 Å². The minimum absolute atomic E-state index is 0.208. The summed E-state index contributed by atoms with van der Waals surface area (Å²) in [6.07, 6.45) is 1.30. The minimum atomic E-state index is -0.463. The molecular weight excluding hydrogens is 351 g/mol. The molecule has 0 atom stereocenters. The largest absolute Gasteiger partial charge is 0.497 e. The Kier molecular flexibility index (Phi) is 5.31. The van der Waals surface area contributed by atoms with Crippen molar-refractivity contribution in [2.45, 2.75) is 0 Å². The van der Waals surface area contributed by atoms with Gasteiger partial charge in [0.1, 0.15) is 23.6 Å². The van der Waals surface area contributed by atoms with Crippen molar-refractivity contribution in [2.24, 2.45) is 0 Å². The molecule has 2 aromatic carbocycles. The number of hydrogen-bond acceptors (Lipinski definition) is 7. The van der Waals surface area contributed by atoms with Crippen LogP contribution >= 0.6 is 0 Å². The molecule has 0 aliphatic rings. The van der Waals surface area contributed by atoms with Crippen molar-refractivity contribution >= 4 is 28.9 Å². The van der Waals surface area contributed by atoms with Gasteiger partial charge in [0.25, 0.3) is 5.91 Å². The van der Waals surface area contributed by atoms with Gasteiger partial charge in [0.05, 0.1) is 7.11 Å². The molecule has 1 amide bonds. The Morgan fingerprint density at radius 2 is 1.85 bits per heavy atom. The minimum Gasteiger partial charge on any atom is -0.497 e. The smallest absolute Gasteiger partial charge is 0.269 e. The summed E-state index contributed by atoms with van der Waals surface area (Å²) in [5, 5.41) is 3.06. The molecule has 3 rings (SSSR count). The van der Waals surface area contributed by atoms with Crippen LogP contribution in [0.2, 0.25) is 0 Å². The number of amides is 1. The predicted molar refractivity (Wildman–Crippen MR) is 100 cm³/mol. The first-order valence-electron chi connectivity index (χ1n) is 7.90. The fourth-order valence-corrected chi connectivity index (χ4v) is 2.22. The summed E-state index contributed by atoms with van der Waals surface area (Å²) in [6.45, 7) is 0. The molecule has 0 saturated carbocycles. The zero-order valence-electron chi connectivity index (χ0n) is 14.4. The molecule has 0 saturated heterocycles. The van der Waals surface area contributed by atoms with E-state index in [1.165, 1.54) is 30.6 Å². The van der Waals surface area contributed by atoms with E-state index in [1.54, 1.807) is 13.2 Å². The van der Waals surface area contributed by atoms with Crippen molar-refractivity contribution in [1.29, 1.82) is 0 Å². The lowest BCUT2D eigenvalue weighted by molar-refractivity contribution is 0.0962. The van der Waals surface area contributed by atoms with E-state index in [4.69, 9.17) is 10.5 Å². The number of rotatable bonds is 6. The molecule has 0 spiro atoms. The van der Waals surface area contributed by atoms with Gasteiger partial charge in [-0.3, -0.25) is 15.6 Å². The van der Waals surface area contributed by atoms with Crippen molar-refractivity contribution in [2.75, 3.05) is 23.6 Å². The van der Waals surface area contributed by atoms with Gasteiger partial charge in [-0.1, -0.05) is 6.07 Å². The molecule has 0 bridgehead atoms. The highest BCUT2D eigenvalue weighted by Gasteiger charge is 2.11. The van der Waals surface area contributed by atoms with Crippen LogP contribution in [0.1, 0.15) is 10.4 Å². The maximum absolute atomic E-state index is 12.9. The second-order valence-electron chi connectivity index (χ2n) is 5.43. The van der Waals surface area contributed by atoms with Crippen molar-refractivity contribution in [1.82, 2.24) is 15.4 Å². The third kappa shape index (κ3) is 4.40. The van der Waals surface area contributed by atoms with Gasteiger partial charge >= 0.3 is 0 Å². The van der Waals surface area contributed by atoms with Gasteiger partial charge in [-0.15, -0.1) is 0 Å². The van der Waals surface area contributed by atoms with Crippen molar-refractivity contribution in [3.63, 3.8) is 0 Å². The second-order valence-corrected chi connectivity index (χ2v) is 5.43. The zero-order valence-corrected chi connectivity index (χ0v) is 14.4. The lowest BCUT2D eigenvalue weighted by atomic mass is 10.2. The van der Waals surface area contributed by atoms with Crippen LogP contribution in [-0.2, 0) is 0 Å². The first-order valence-corrected chi connectivity index (χ1v) is 7.90. The van der Waals surface area contributed by atoms with Crippen LogP contribution in [0, 0.1) is 5.82 Å². The Morgan fingerprint density at radius 3 is 2.59 bits per heavy atom. The molecule has 0 aliphatic carbocycles. The number of carbonyl (C=O) groups is 1. The lowest BCUT2D eigenvalue weighted by Gasteiger charge is -2.13. The first kappa shape index (κ1) is 17.9. The van der Waals surface area contributed by atoms with Gasteiger partial charge in [0, 0.05) is 17.3 Å². The van der Waals surface area contributed by atoms with E-state index in [0.717, 1.165) is 5.69 Å². The third-order valence-corrected chi connectivity index (χ3v) is 3.62. The molecule has 0 unspecified atom stereocenters. The molecule has 0 aliphatic heterocycles. The number of aromatic nitrogens is 2. The SMILES string of the molecule is COc1cccc(Nc2ncnc(NNC(=O)c3ccc(F)cc3)c2N)c1. The third-order valence-electron chi connectivity index (χ3n) is 3.62. The number of anilines is 4.